The third kappa shape index (κ3) is 14.2. The molecule has 0 fully saturated rings. The van der Waals surface area contributed by atoms with Gasteiger partial charge in [0.25, 0.3) is 0 Å². The van der Waals surface area contributed by atoms with E-state index in [1.807, 2.05) is 0 Å². The Hall–Kier alpha value is 0.226. The average Bonchev–Trinajstić information content (AvgIpc) is 2.15. The van der Waals surface area contributed by atoms with Crippen molar-refractivity contribution in [1.82, 2.24) is 0 Å². The van der Waals surface area contributed by atoms with E-state index in [2.05, 4.69) is 0 Å². The first kappa shape index (κ1) is 19.6. The topological polar surface area (TPSA) is 118 Å². The van der Waals surface area contributed by atoms with E-state index in [1.165, 1.54) is 0 Å². The second kappa shape index (κ2) is 11.3. The van der Waals surface area contributed by atoms with Crippen LogP contribution in [0.25, 0.3) is 0 Å². The van der Waals surface area contributed by atoms with Gasteiger partial charge in [0.15, 0.2) is 0 Å². The van der Waals surface area contributed by atoms with E-state index in [-0.39, 0.29) is 40.3 Å². The minimum Gasteiger partial charge on any atom is -0.549 e. The second-order valence-corrected chi connectivity index (χ2v) is 6.53. The summed E-state index contributed by atoms with van der Waals surface area (Å²) in [6.45, 7) is 0. The van der Waals surface area contributed by atoms with Crippen LogP contribution in [0.3, 0.4) is 0 Å². The fourth-order valence-electron chi connectivity index (χ4n) is 0.556. The molecule has 92 valence electrons. The summed E-state index contributed by atoms with van der Waals surface area (Å²) < 4.78 is -0.480. The maximum absolute atomic E-state index is 10.3. The molecule has 0 aromatic heterocycles. The first-order valence-electron chi connectivity index (χ1n) is 3.88. The van der Waals surface area contributed by atoms with E-state index in [9.17, 15) is 24.6 Å². The number of carbonyl (C=O) groups is 3. The van der Waals surface area contributed by atoms with Crippen molar-refractivity contribution in [2.75, 3.05) is 17.3 Å². The standard InChI is InChI=1S/C7H10O6S3.Mg/c8-4(9)1-14-7(15-2-5(10)11)16-3-6(12)13;/h7H,1-3H2,(H,8,9)(H,10,11)(H,12,13);/q;+2/p-2. The van der Waals surface area contributed by atoms with Gasteiger partial charge in [0.1, 0.15) is 0 Å². The van der Waals surface area contributed by atoms with Crippen LogP contribution in [0.15, 0.2) is 0 Å². The van der Waals surface area contributed by atoms with Crippen LogP contribution in [-0.4, -0.2) is 67.2 Å². The molecule has 17 heavy (non-hydrogen) atoms. The van der Waals surface area contributed by atoms with Crippen LogP contribution in [0.1, 0.15) is 0 Å². The van der Waals surface area contributed by atoms with Gasteiger partial charge >= 0.3 is 29.0 Å². The Morgan fingerprint density at radius 2 is 1.29 bits per heavy atom. The maximum Gasteiger partial charge on any atom is 2.00 e. The molecule has 0 aromatic rings. The maximum atomic E-state index is 10.3. The fraction of sp³-hybridized carbons (Fsp3) is 0.571. The van der Waals surface area contributed by atoms with Gasteiger partial charge in [-0.05, 0) is 0 Å². The molecule has 1 N–H and O–H groups in total. The van der Waals surface area contributed by atoms with Gasteiger partial charge in [0.05, 0.1) is 21.6 Å². The molecule has 0 saturated carbocycles. The van der Waals surface area contributed by atoms with Crippen LogP contribution in [0, 0.1) is 0 Å². The Morgan fingerprint density at radius 1 is 0.941 bits per heavy atom. The molecule has 6 nitrogen and oxygen atoms in total. The van der Waals surface area contributed by atoms with E-state index in [1.54, 1.807) is 0 Å². The van der Waals surface area contributed by atoms with Crippen LogP contribution in [0.5, 0.6) is 0 Å². The van der Waals surface area contributed by atoms with Crippen LogP contribution in [-0.2, 0) is 14.4 Å². The first-order valence-corrected chi connectivity index (χ1v) is 7.02. The predicted molar refractivity (Wildman–Crippen MR) is 64.6 cm³/mol. The quantitative estimate of drug-likeness (QED) is 0.369. The van der Waals surface area contributed by atoms with Gasteiger partial charge in [0, 0.05) is 11.5 Å². The zero-order valence-corrected chi connectivity index (χ0v) is 12.5. The molecule has 10 heteroatoms. The summed E-state index contributed by atoms with van der Waals surface area (Å²) in [6, 6.07) is 0. The number of thioether (sulfide) groups is 3. The molecular formula is C7H8MgO6S3. The van der Waals surface area contributed by atoms with E-state index in [0.717, 1.165) is 35.3 Å². The molecule has 0 spiro atoms. The molecule has 0 heterocycles. The van der Waals surface area contributed by atoms with E-state index < -0.39 is 21.8 Å². The minimum absolute atomic E-state index is 0. The van der Waals surface area contributed by atoms with Gasteiger partial charge in [-0.1, -0.05) is 0 Å². The first-order chi connectivity index (χ1) is 7.41. The molecule has 0 aliphatic heterocycles. The van der Waals surface area contributed by atoms with Crippen molar-refractivity contribution in [3.63, 3.8) is 0 Å². The molecule has 0 unspecified atom stereocenters. The molecule has 0 rings (SSSR count). The number of rotatable bonds is 9. The normalized spacial score (nSPS) is 9.71. The summed E-state index contributed by atoms with van der Waals surface area (Å²) >= 11 is 2.80. The molecule has 0 saturated heterocycles. The molecule has 0 aromatic carbocycles. The summed E-state index contributed by atoms with van der Waals surface area (Å²) in [5, 5.41) is 28.8. The SMILES string of the molecule is O=C([O-])CSC(SCC(=O)[O-])SCC(=O)O.[Mg+2]. The third-order valence-electron chi connectivity index (χ3n) is 1.02. The molecule has 0 amide bonds. The smallest absolute Gasteiger partial charge is 0.549 e. The van der Waals surface area contributed by atoms with E-state index in [0.29, 0.717) is 0 Å². The van der Waals surface area contributed by atoms with Crippen molar-refractivity contribution < 1.29 is 29.7 Å². The van der Waals surface area contributed by atoms with Gasteiger partial charge in [-0.2, -0.15) is 0 Å². The predicted octanol–water partition coefficient (Wildman–Crippen LogP) is -2.33. The Morgan fingerprint density at radius 3 is 1.59 bits per heavy atom. The monoisotopic (exact) mass is 308 g/mol. The number of carboxylic acid groups (broad SMARTS) is 3. The minimum atomic E-state index is -1.28. The van der Waals surface area contributed by atoms with Crippen molar-refractivity contribution in [3.8, 4) is 0 Å². The van der Waals surface area contributed by atoms with Crippen molar-refractivity contribution >= 4 is 76.2 Å². The van der Waals surface area contributed by atoms with E-state index in [4.69, 9.17) is 5.11 Å². The summed E-state index contributed by atoms with van der Waals surface area (Å²) in [5.74, 6) is -4.43. The molecule has 0 atom stereocenters. The molecule has 0 aliphatic carbocycles. The fourth-order valence-corrected chi connectivity index (χ4v) is 3.76. The van der Waals surface area contributed by atoms with Crippen LogP contribution in [0.2, 0.25) is 0 Å². The van der Waals surface area contributed by atoms with Crippen LogP contribution < -0.4 is 10.2 Å². The summed E-state index contributed by atoms with van der Waals surface area (Å²) in [6.07, 6.45) is 0. The zero-order valence-electron chi connectivity index (χ0n) is 8.62. The van der Waals surface area contributed by atoms with Gasteiger partial charge < -0.3 is 24.9 Å². The largest absolute Gasteiger partial charge is 2.00 e. The Balaban J connectivity index is 0. The Labute approximate surface area is 126 Å². The zero-order chi connectivity index (χ0) is 12.6. The van der Waals surface area contributed by atoms with Crippen molar-refractivity contribution in [1.29, 1.82) is 0 Å². The van der Waals surface area contributed by atoms with Gasteiger partial charge in [0.2, 0.25) is 0 Å². The number of hydrogen-bond donors (Lipinski definition) is 1. The molecular weight excluding hydrogens is 301 g/mol. The summed E-state index contributed by atoms with van der Waals surface area (Å²) in [4.78, 5) is 30.7. The average molecular weight is 309 g/mol. The molecule has 0 bridgehead atoms. The van der Waals surface area contributed by atoms with Crippen molar-refractivity contribution in [2.24, 2.45) is 0 Å². The van der Waals surface area contributed by atoms with Crippen LogP contribution >= 0.6 is 35.3 Å². The van der Waals surface area contributed by atoms with Gasteiger partial charge in [-0.25, -0.2) is 0 Å². The number of aliphatic carboxylic acids is 3. The Kier molecular flexibility index (Phi) is 13.0. The number of hydrogen-bond acceptors (Lipinski definition) is 8. The molecule has 0 radical (unpaired) electrons. The summed E-state index contributed by atoms with van der Waals surface area (Å²) in [7, 11) is 0. The van der Waals surface area contributed by atoms with Crippen LogP contribution in [0.4, 0.5) is 0 Å². The Bertz CT molecular complexity index is 232. The number of carbonyl (C=O) groups excluding carboxylic acids is 2. The van der Waals surface area contributed by atoms with Gasteiger partial charge in [-0.3, -0.25) is 4.79 Å². The second-order valence-electron chi connectivity index (χ2n) is 2.36. The van der Waals surface area contributed by atoms with E-state index >= 15 is 0 Å². The number of carboxylic acids is 3. The molecule has 0 aliphatic rings. The van der Waals surface area contributed by atoms with Crippen molar-refractivity contribution in [3.05, 3.63) is 0 Å². The van der Waals surface area contributed by atoms with Crippen molar-refractivity contribution in [2.45, 2.75) is 3.91 Å². The third-order valence-corrected chi connectivity index (χ3v) is 5.50. The van der Waals surface area contributed by atoms with Gasteiger partial charge in [-0.15, -0.1) is 35.3 Å². The summed E-state index contributed by atoms with van der Waals surface area (Å²) in [5.41, 5.74) is 0.